The standard InChI is InChI=1S/C8H8N2O3/c11-7-2-4(8(12)13)1-6-5(7)3-9-10-6/h3-4H,1-2H2,(H,9,10)(H,12,13). The van der Waals surface area contributed by atoms with Crippen molar-refractivity contribution >= 4 is 11.8 Å². The lowest BCUT2D eigenvalue weighted by Crippen LogP contribution is -2.25. The fourth-order valence-electron chi connectivity index (χ4n) is 1.54. The summed E-state index contributed by atoms with van der Waals surface area (Å²) in [5.41, 5.74) is 1.18. The molecule has 5 nitrogen and oxygen atoms in total. The second kappa shape index (κ2) is 2.69. The summed E-state index contributed by atoms with van der Waals surface area (Å²) >= 11 is 0. The van der Waals surface area contributed by atoms with Gasteiger partial charge in [0.2, 0.25) is 0 Å². The molecule has 2 N–H and O–H groups in total. The van der Waals surface area contributed by atoms with E-state index in [1.165, 1.54) is 6.20 Å². The molecule has 1 aliphatic rings. The molecule has 0 saturated carbocycles. The SMILES string of the molecule is O=C1CC(C(=O)O)Cc2[nH]ncc21. The molecule has 0 aromatic carbocycles. The van der Waals surface area contributed by atoms with E-state index in [1.807, 2.05) is 0 Å². The van der Waals surface area contributed by atoms with Crippen molar-refractivity contribution in [3.63, 3.8) is 0 Å². The van der Waals surface area contributed by atoms with Crippen LogP contribution in [-0.2, 0) is 11.2 Å². The zero-order chi connectivity index (χ0) is 9.42. The van der Waals surface area contributed by atoms with Crippen molar-refractivity contribution in [2.75, 3.05) is 0 Å². The number of nitrogens with zero attached hydrogens (tertiary/aromatic N) is 1. The molecular weight excluding hydrogens is 172 g/mol. The topological polar surface area (TPSA) is 83.0 Å². The molecule has 68 valence electrons. The van der Waals surface area contributed by atoms with E-state index in [0.29, 0.717) is 17.7 Å². The molecule has 1 atom stereocenters. The molecule has 0 saturated heterocycles. The van der Waals surface area contributed by atoms with Gasteiger partial charge in [0.05, 0.1) is 17.7 Å². The van der Waals surface area contributed by atoms with Gasteiger partial charge in [-0.15, -0.1) is 0 Å². The first kappa shape index (κ1) is 7.97. The van der Waals surface area contributed by atoms with E-state index in [2.05, 4.69) is 10.2 Å². The number of Topliss-reactive ketones (excluding diaryl/α,β-unsaturated/α-hetero) is 1. The van der Waals surface area contributed by atoms with Crippen molar-refractivity contribution in [2.24, 2.45) is 5.92 Å². The van der Waals surface area contributed by atoms with Crippen molar-refractivity contribution < 1.29 is 14.7 Å². The molecule has 13 heavy (non-hydrogen) atoms. The van der Waals surface area contributed by atoms with Crippen LogP contribution in [-0.4, -0.2) is 27.1 Å². The van der Waals surface area contributed by atoms with E-state index < -0.39 is 11.9 Å². The number of aromatic amines is 1. The Morgan fingerprint density at radius 2 is 2.38 bits per heavy atom. The molecule has 0 bridgehead atoms. The minimum atomic E-state index is -0.923. The number of nitrogens with one attached hydrogen (secondary N) is 1. The summed E-state index contributed by atoms with van der Waals surface area (Å²) in [6.07, 6.45) is 1.91. The molecule has 1 unspecified atom stereocenters. The summed E-state index contributed by atoms with van der Waals surface area (Å²) in [6, 6.07) is 0. The van der Waals surface area contributed by atoms with E-state index >= 15 is 0 Å². The number of carboxylic acids is 1. The zero-order valence-corrected chi connectivity index (χ0v) is 6.78. The van der Waals surface area contributed by atoms with Crippen LogP contribution in [0.1, 0.15) is 22.5 Å². The molecule has 1 aromatic rings. The number of hydrogen-bond donors (Lipinski definition) is 2. The summed E-state index contributed by atoms with van der Waals surface area (Å²) < 4.78 is 0. The molecule has 0 spiro atoms. The van der Waals surface area contributed by atoms with Gasteiger partial charge in [0.25, 0.3) is 0 Å². The van der Waals surface area contributed by atoms with Gasteiger partial charge in [-0.3, -0.25) is 14.7 Å². The van der Waals surface area contributed by atoms with Gasteiger partial charge in [0.15, 0.2) is 5.78 Å². The van der Waals surface area contributed by atoms with Gasteiger partial charge in [-0.25, -0.2) is 0 Å². The summed E-state index contributed by atoms with van der Waals surface area (Å²) in [5.74, 6) is -1.66. The number of aliphatic carboxylic acids is 1. The third kappa shape index (κ3) is 1.22. The fraction of sp³-hybridized carbons (Fsp3) is 0.375. The lowest BCUT2D eigenvalue weighted by Gasteiger charge is -2.15. The Morgan fingerprint density at radius 1 is 1.62 bits per heavy atom. The third-order valence-electron chi connectivity index (χ3n) is 2.25. The van der Waals surface area contributed by atoms with Crippen LogP contribution in [0.25, 0.3) is 0 Å². The molecular formula is C8H8N2O3. The number of carbonyl (C=O) groups excluding carboxylic acids is 1. The lowest BCUT2D eigenvalue weighted by atomic mass is 9.87. The van der Waals surface area contributed by atoms with Crippen LogP contribution in [0.4, 0.5) is 0 Å². The van der Waals surface area contributed by atoms with Crippen LogP contribution < -0.4 is 0 Å². The Hall–Kier alpha value is -1.65. The Balaban J connectivity index is 2.34. The minimum absolute atomic E-state index is 0.0852. The molecule has 5 heteroatoms. The van der Waals surface area contributed by atoms with Crippen LogP contribution in [0.2, 0.25) is 0 Å². The average molecular weight is 180 g/mol. The highest BCUT2D eigenvalue weighted by molar-refractivity contribution is 6.00. The molecule has 1 aliphatic carbocycles. The second-order valence-electron chi connectivity index (χ2n) is 3.13. The van der Waals surface area contributed by atoms with Crippen molar-refractivity contribution in [3.8, 4) is 0 Å². The van der Waals surface area contributed by atoms with Gasteiger partial charge >= 0.3 is 5.97 Å². The fourth-order valence-corrected chi connectivity index (χ4v) is 1.54. The number of aromatic nitrogens is 2. The van der Waals surface area contributed by atoms with Crippen molar-refractivity contribution in [2.45, 2.75) is 12.8 Å². The van der Waals surface area contributed by atoms with Gasteiger partial charge in [0.1, 0.15) is 0 Å². The Kier molecular flexibility index (Phi) is 1.65. The molecule has 2 rings (SSSR count). The van der Waals surface area contributed by atoms with Crippen LogP contribution in [0, 0.1) is 5.92 Å². The summed E-state index contributed by atoms with van der Waals surface area (Å²) in [7, 11) is 0. The van der Waals surface area contributed by atoms with Gasteiger partial charge in [-0.1, -0.05) is 0 Å². The summed E-state index contributed by atoms with van der Waals surface area (Å²) in [4.78, 5) is 22.0. The quantitative estimate of drug-likeness (QED) is 0.648. The molecule has 1 heterocycles. The maximum Gasteiger partial charge on any atom is 0.307 e. The predicted molar refractivity (Wildman–Crippen MR) is 42.4 cm³/mol. The summed E-state index contributed by atoms with van der Waals surface area (Å²) in [6.45, 7) is 0. The van der Waals surface area contributed by atoms with E-state index in [4.69, 9.17) is 5.11 Å². The number of H-pyrrole nitrogens is 1. The average Bonchev–Trinajstić information content (AvgIpc) is 2.51. The number of carboxylic acid groups (broad SMARTS) is 1. The Labute approximate surface area is 73.8 Å². The predicted octanol–water partition coefficient (Wildman–Crippen LogP) is 0.239. The Morgan fingerprint density at radius 3 is 3.08 bits per heavy atom. The normalized spacial score (nSPS) is 21.2. The van der Waals surface area contributed by atoms with Crippen molar-refractivity contribution in [1.29, 1.82) is 0 Å². The number of carbonyl (C=O) groups is 2. The molecule has 0 fully saturated rings. The van der Waals surface area contributed by atoms with Crippen LogP contribution in [0.3, 0.4) is 0 Å². The first-order valence-electron chi connectivity index (χ1n) is 3.96. The number of ketones is 1. The van der Waals surface area contributed by atoms with Crippen LogP contribution in [0.5, 0.6) is 0 Å². The van der Waals surface area contributed by atoms with E-state index in [1.54, 1.807) is 0 Å². The minimum Gasteiger partial charge on any atom is -0.481 e. The van der Waals surface area contributed by atoms with Crippen LogP contribution in [0.15, 0.2) is 6.20 Å². The molecule has 0 radical (unpaired) electrons. The van der Waals surface area contributed by atoms with Gasteiger partial charge < -0.3 is 5.11 Å². The molecule has 1 aromatic heterocycles. The third-order valence-corrected chi connectivity index (χ3v) is 2.25. The zero-order valence-electron chi connectivity index (χ0n) is 6.78. The highest BCUT2D eigenvalue weighted by Crippen LogP contribution is 2.23. The highest BCUT2D eigenvalue weighted by Gasteiger charge is 2.30. The first-order chi connectivity index (χ1) is 6.18. The van der Waals surface area contributed by atoms with Gasteiger partial charge in [-0.05, 0) is 0 Å². The van der Waals surface area contributed by atoms with Crippen molar-refractivity contribution in [3.05, 3.63) is 17.5 Å². The van der Waals surface area contributed by atoms with E-state index in [0.717, 1.165) is 0 Å². The largest absolute Gasteiger partial charge is 0.481 e. The van der Waals surface area contributed by atoms with Gasteiger partial charge in [-0.2, -0.15) is 5.10 Å². The summed E-state index contributed by atoms with van der Waals surface area (Å²) in [5, 5.41) is 15.1. The maximum atomic E-state index is 11.3. The lowest BCUT2D eigenvalue weighted by molar-refractivity contribution is -0.141. The first-order valence-corrected chi connectivity index (χ1v) is 3.96. The number of rotatable bonds is 1. The van der Waals surface area contributed by atoms with E-state index in [-0.39, 0.29) is 12.2 Å². The monoisotopic (exact) mass is 180 g/mol. The smallest absolute Gasteiger partial charge is 0.307 e. The Bertz CT molecular complexity index is 369. The maximum absolute atomic E-state index is 11.3. The highest BCUT2D eigenvalue weighted by atomic mass is 16.4. The molecule has 0 aliphatic heterocycles. The second-order valence-corrected chi connectivity index (χ2v) is 3.13. The number of hydrogen-bond acceptors (Lipinski definition) is 3. The van der Waals surface area contributed by atoms with Crippen molar-refractivity contribution in [1.82, 2.24) is 10.2 Å². The molecule has 0 amide bonds. The van der Waals surface area contributed by atoms with Crippen LogP contribution >= 0.6 is 0 Å². The van der Waals surface area contributed by atoms with Gasteiger partial charge in [0, 0.05) is 18.5 Å². The van der Waals surface area contributed by atoms with E-state index in [9.17, 15) is 9.59 Å². The number of fused-ring (bicyclic) bond motifs is 1.